The predicted molar refractivity (Wildman–Crippen MR) is 75.8 cm³/mol. The smallest absolute Gasteiger partial charge is 0.0710 e. The molecular formula is C15H30N2O. The summed E-state index contributed by atoms with van der Waals surface area (Å²) >= 11 is 0. The van der Waals surface area contributed by atoms with Crippen LogP contribution in [0.5, 0.6) is 0 Å². The van der Waals surface area contributed by atoms with E-state index in [0.29, 0.717) is 17.6 Å². The van der Waals surface area contributed by atoms with Gasteiger partial charge in [0.15, 0.2) is 0 Å². The Morgan fingerprint density at radius 2 is 2.11 bits per heavy atom. The van der Waals surface area contributed by atoms with E-state index in [0.717, 1.165) is 12.5 Å². The predicted octanol–water partition coefficient (Wildman–Crippen LogP) is 2.12. The summed E-state index contributed by atoms with van der Waals surface area (Å²) in [6.07, 6.45) is 5.71. The van der Waals surface area contributed by atoms with Crippen molar-refractivity contribution in [2.45, 2.75) is 51.7 Å². The molecule has 0 amide bonds. The van der Waals surface area contributed by atoms with E-state index >= 15 is 0 Å². The van der Waals surface area contributed by atoms with Crippen LogP contribution < -0.4 is 5.32 Å². The molecule has 1 aliphatic heterocycles. The molecule has 3 heteroatoms. The Hall–Kier alpha value is -0.120. The molecule has 1 aliphatic carbocycles. The zero-order chi connectivity index (χ0) is 13.2. The fourth-order valence-electron chi connectivity index (χ4n) is 3.79. The van der Waals surface area contributed by atoms with Crippen molar-refractivity contribution < 1.29 is 4.74 Å². The largest absolute Gasteiger partial charge is 0.380 e. The van der Waals surface area contributed by atoms with Crippen molar-refractivity contribution in [2.75, 3.05) is 33.8 Å². The number of hydrogen-bond donors (Lipinski definition) is 1. The van der Waals surface area contributed by atoms with Crippen LogP contribution in [0.3, 0.4) is 0 Å². The molecule has 0 aromatic rings. The highest BCUT2D eigenvalue weighted by molar-refractivity contribution is 4.91. The zero-order valence-corrected chi connectivity index (χ0v) is 12.5. The van der Waals surface area contributed by atoms with Gasteiger partial charge in [0, 0.05) is 32.8 Å². The quantitative estimate of drug-likeness (QED) is 0.832. The van der Waals surface area contributed by atoms with Crippen LogP contribution in [0.4, 0.5) is 0 Å². The van der Waals surface area contributed by atoms with Crippen molar-refractivity contribution >= 4 is 0 Å². The van der Waals surface area contributed by atoms with Gasteiger partial charge in [-0.15, -0.1) is 0 Å². The van der Waals surface area contributed by atoms with Crippen molar-refractivity contribution in [1.29, 1.82) is 0 Å². The first kappa shape index (κ1) is 14.3. The van der Waals surface area contributed by atoms with E-state index in [1.165, 1.54) is 38.8 Å². The van der Waals surface area contributed by atoms with Gasteiger partial charge in [0.25, 0.3) is 0 Å². The van der Waals surface area contributed by atoms with Crippen LogP contribution in [0.15, 0.2) is 0 Å². The third-order valence-corrected chi connectivity index (χ3v) is 4.94. The first-order chi connectivity index (χ1) is 8.54. The monoisotopic (exact) mass is 254 g/mol. The third-order valence-electron chi connectivity index (χ3n) is 4.94. The van der Waals surface area contributed by atoms with Crippen LogP contribution in [-0.2, 0) is 4.74 Å². The van der Waals surface area contributed by atoms with E-state index in [2.05, 4.69) is 31.1 Å². The molecule has 0 radical (unpaired) electrons. The third kappa shape index (κ3) is 3.46. The van der Waals surface area contributed by atoms with Gasteiger partial charge in [0.2, 0.25) is 0 Å². The highest BCUT2D eigenvalue weighted by Crippen LogP contribution is 2.39. The summed E-state index contributed by atoms with van der Waals surface area (Å²) in [7, 11) is 3.96. The number of likely N-dealkylation sites (tertiary alicyclic amines) is 1. The Kier molecular flexibility index (Phi) is 4.68. The second-order valence-electron chi connectivity index (χ2n) is 6.97. The van der Waals surface area contributed by atoms with Gasteiger partial charge in [0.05, 0.1) is 6.10 Å². The molecule has 106 valence electrons. The number of ether oxygens (including phenoxy) is 1. The summed E-state index contributed by atoms with van der Waals surface area (Å²) < 4.78 is 5.47. The number of nitrogens with one attached hydrogen (secondary N) is 1. The molecule has 1 saturated carbocycles. The molecule has 3 nitrogen and oxygen atoms in total. The van der Waals surface area contributed by atoms with E-state index in [1.54, 1.807) is 0 Å². The van der Waals surface area contributed by atoms with E-state index < -0.39 is 0 Å². The van der Waals surface area contributed by atoms with Gasteiger partial charge in [0.1, 0.15) is 0 Å². The average molecular weight is 254 g/mol. The summed E-state index contributed by atoms with van der Waals surface area (Å²) in [5.74, 6) is 0.800. The highest BCUT2D eigenvalue weighted by Gasteiger charge is 2.36. The minimum Gasteiger partial charge on any atom is -0.380 e. The fraction of sp³-hybridized carbons (Fsp3) is 1.00. The molecule has 1 heterocycles. The molecule has 18 heavy (non-hydrogen) atoms. The average Bonchev–Trinajstić information content (AvgIpc) is 2.76. The summed E-state index contributed by atoms with van der Waals surface area (Å²) in [5, 5.41) is 3.53. The van der Waals surface area contributed by atoms with Gasteiger partial charge >= 0.3 is 0 Å². The molecule has 2 rings (SSSR count). The molecule has 0 spiro atoms. The lowest BCUT2D eigenvalue weighted by Gasteiger charge is -2.42. The van der Waals surface area contributed by atoms with E-state index in [-0.39, 0.29) is 0 Å². The molecule has 3 atom stereocenters. The molecule has 1 N–H and O–H groups in total. The number of rotatable bonds is 4. The van der Waals surface area contributed by atoms with Crippen molar-refractivity contribution in [3.63, 3.8) is 0 Å². The first-order valence-corrected chi connectivity index (χ1v) is 7.46. The Bertz CT molecular complexity index is 267. The summed E-state index contributed by atoms with van der Waals surface area (Å²) in [4.78, 5) is 2.60. The maximum absolute atomic E-state index is 5.47. The van der Waals surface area contributed by atoms with Crippen LogP contribution >= 0.6 is 0 Å². The van der Waals surface area contributed by atoms with Crippen LogP contribution in [0, 0.1) is 11.3 Å². The van der Waals surface area contributed by atoms with Crippen molar-refractivity contribution in [3.05, 3.63) is 0 Å². The Morgan fingerprint density at radius 3 is 2.72 bits per heavy atom. The normalized spacial score (nSPS) is 37.0. The molecule has 2 fully saturated rings. The van der Waals surface area contributed by atoms with Gasteiger partial charge in [-0.2, -0.15) is 0 Å². The molecule has 2 aliphatic rings. The van der Waals surface area contributed by atoms with Crippen LogP contribution in [0.1, 0.15) is 39.5 Å². The molecule has 0 aromatic carbocycles. The Labute approximate surface area is 112 Å². The molecule has 3 unspecified atom stereocenters. The number of hydrogen-bond acceptors (Lipinski definition) is 3. The number of methoxy groups -OCH3 is 1. The van der Waals surface area contributed by atoms with Crippen molar-refractivity contribution in [1.82, 2.24) is 10.2 Å². The SMILES string of the molecule is CNC1CCC(C)(C)CC1CN1CCC(OC)C1. The van der Waals surface area contributed by atoms with E-state index in [4.69, 9.17) is 4.74 Å². The fourth-order valence-corrected chi connectivity index (χ4v) is 3.79. The van der Waals surface area contributed by atoms with Crippen molar-refractivity contribution in [2.24, 2.45) is 11.3 Å². The van der Waals surface area contributed by atoms with Crippen LogP contribution in [0.2, 0.25) is 0 Å². The van der Waals surface area contributed by atoms with Crippen LogP contribution in [-0.4, -0.2) is 50.8 Å². The topological polar surface area (TPSA) is 24.5 Å². The lowest BCUT2D eigenvalue weighted by Crippen LogP contribution is -2.46. The molecule has 1 saturated heterocycles. The summed E-state index contributed by atoms with van der Waals surface area (Å²) in [6, 6.07) is 0.708. The standard InChI is InChI=1S/C15H30N2O/c1-15(2)7-5-14(16-3)12(9-15)10-17-8-6-13(11-17)18-4/h12-14,16H,5-11H2,1-4H3. The van der Waals surface area contributed by atoms with Crippen LogP contribution in [0.25, 0.3) is 0 Å². The Morgan fingerprint density at radius 1 is 1.33 bits per heavy atom. The maximum Gasteiger partial charge on any atom is 0.0710 e. The lowest BCUT2D eigenvalue weighted by atomic mass is 9.70. The van der Waals surface area contributed by atoms with E-state index in [1.807, 2.05) is 7.11 Å². The Balaban J connectivity index is 1.89. The minimum atomic E-state index is 0.467. The zero-order valence-electron chi connectivity index (χ0n) is 12.5. The summed E-state index contributed by atoms with van der Waals surface area (Å²) in [5.41, 5.74) is 0.526. The van der Waals surface area contributed by atoms with Gasteiger partial charge in [-0.05, 0) is 44.1 Å². The number of nitrogens with zero attached hydrogens (tertiary/aromatic N) is 1. The molecule has 0 aromatic heterocycles. The van der Waals surface area contributed by atoms with Gasteiger partial charge in [-0.1, -0.05) is 13.8 Å². The van der Waals surface area contributed by atoms with Gasteiger partial charge in [-0.3, -0.25) is 0 Å². The lowest BCUT2D eigenvalue weighted by molar-refractivity contribution is 0.0876. The highest BCUT2D eigenvalue weighted by atomic mass is 16.5. The molecular weight excluding hydrogens is 224 g/mol. The molecule has 0 bridgehead atoms. The van der Waals surface area contributed by atoms with Gasteiger partial charge < -0.3 is 15.0 Å². The van der Waals surface area contributed by atoms with E-state index in [9.17, 15) is 0 Å². The van der Waals surface area contributed by atoms with Gasteiger partial charge in [-0.25, -0.2) is 0 Å². The maximum atomic E-state index is 5.47. The first-order valence-electron chi connectivity index (χ1n) is 7.46. The minimum absolute atomic E-state index is 0.467. The second kappa shape index (κ2) is 5.89. The second-order valence-corrected chi connectivity index (χ2v) is 6.97. The summed E-state index contributed by atoms with van der Waals surface area (Å²) in [6.45, 7) is 8.44. The van der Waals surface area contributed by atoms with Crippen molar-refractivity contribution in [3.8, 4) is 0 Å².